The maximum atomic E-state index is 14.1. The smallest absolute Gasteiger partial charge is 0.206 e. The highest BCUT2D eigenvalue weighted by Gasteiger charge is 2.71. The summed E-state index contributed by atoms with van der Waals surface area (Å²) in [5.74, 6) is -4.06. The van der Waals surface area contributed by atoms with E-state index in [1.54, 1.807) is 26.0 Å². The minimum atomic E-state index is -2.47. The molecule has 3 N–H and O–H groups in total. The molecule has 204 valence electrons. The average Bonchev–Trinajstić information content (AvgIpc) is 2.84. The van der Waals surface area contributed by atoms with Gasteiger partial charge in [-0.2, -0.15) is 0 Å². The molecule has 0 aliphatic heterocycles. The number of unbranched alkanes of at least 4 members (excludes halogenated alkanes) is 1. The number of aliphatic hydroxyl groups is 2. The quantitative estimate of drug-likeness (QED) is 0.445. The number of carbonyl (C=O) groups is 4. The van der Waals surface area contributed by atoms with Crippen molar-refractivity contribution in [3.63, 3.8) is 0 Å². The summed E-state index contributed by atoms with van der Waals surface area (Å²) in [5, 5.41) is 34.9. The van der Waals surface area contributed by atoms with Crippen LogP contribution in [0.5, 0.6) is 5.75 Å². The van der Waals surface area contributed by atoms with Gasteiger partial charge >= 0.3 is 0 Å². The van der Waals surface area contributed by atoms with Crippen molar-refractivity contribution in [1.82, 2.24) is 0 Å². The summed E-state index contributed by atoms with van der Waals surface area (Å²) in [6.07, 6.45) is 2.14. The van der Waals surface area contributed by atoms with Crippen molar-refractivity contribution >= 4 is 23.1 Å². The summed E-state index contributed by atoms with van der Waals surface area (Å²) in [6, 6.07) is 3.45. The molecule has 5 atom stereocenters. The third-order valence-electron chi connectivity index (χ3n) is 10.1. The number of rotatable bonds is 6. The third kappa shape index (κ3) is 3.36. The molecule has 0 spiro atoms. The summed E-state index contributed by atoms with van der Waals surface area (Å²) in [6.45, 7) is 12.3. The van der Waals surface area contributed by atoms with Gasteiger partial charge in [0, 0.05) is 34.8 Å². The first-order chi connectivity index (χ1) is 17.6. The van der Waals surface area contributed by atoms with E-state index in [1.807, 2.05) is 27.7 Å². The number of allylic oxidation sites excluding steroid dienone is 2. The Balaban J connectivity index is 1.96. The summed E-state index contributed by atoms with van der Waals surface area (Å²) >= 11 is 0. The fourth-order valence-corrected chi connectivity index (χ4v) is 7.48. The zero-order chi connectivity index (χ0) is 28.5. The van der Waals surface area contributed by atoms with E-state index in [0.29, 0.717) is 23.1 Å². The van der Waals surface area contributed by atoms with E-state index < -0.39 is 45.5 Å². The zero-order valence-electron chi connectivity index (χ0n) is 23.3. The van der Waals surface area contributed by atoms with Gasteiger partial charge in [0.1, 0.15) is 17.3 Å². The molecule has 0 saturated carbocycles. The van der Waals surface area contributed by atoms with Crippen LogP contribution in [0.1, 0.15) is 102 Å². The van der Waals surface area contributed by atoms with Crippen LogP contribution in [0.2, 0.25) is 0 Å². The van der Waals surface area contributed by atoms with Crippen molar-refractivity contribution in [3.8, 4) is 5.75 Å². The second-order valence-corrected chi connectivity index (χ2v) is 12.0. The van der Waals surface area contributed by atoms with Gasteiger partial charge in [-0.25, -0.2) is 0 Å². The molecule has 0 fully saturated rings. The number of aliphatic hydroxyl groups excluding tert-OH is 1. The first-order valence-electron chi connectivity index (χ1n) is 13.4. The Kier molecular flexibility index (Phi) is 6.63. The molecule has 3 aliphatic rings. The van der Waals surface area contributed by atoms with Crippen molar-refractivity contribution < 1.29 is 34.5 Å². The summed E-state index contributed by atoms with van der Waals surface area (Å²) in [7, 11) is 0. The van der Waals surface area contributed by atoms with E-state index in [0.717, 1.165) is 12.8 Å². The van der Waals surface area contributed by atoms with Crippen LogP contribution < -0.4 is 0 Å². The Morgan fingerprint density at radius 2 is 1.74 bits per heavy atom. The van der Waals surface area contributed by atoms with Crippen LogP contribution in [0.25, 0.3) is 0 Å². The van der Waals surface area contributed by atoms with Crippen LogP contribution in [-0.4, -0.2) is 44.1 Å². The third-order valence-corrected chi connectivity index (χ3v) is 10.1. The van der Waals surface area contributed by atoms with Gasteiger partial charge in [0.15, 0.2) is 17.2 Å². The van der Waals surface area contributed by atoms with Crippen molar-refractivity contribution in [1.29, 1.82) is 0 Å². The molecule has 1 aromatic rings. The zero-order valence-corrected chi connectivity index (χ0v) is 23.3. The highest BCUT2D eigenvalue weighted by Crippen LogP contribution is 2.68. The van der Waals surface area contributed by atoms with Crippen LogP contribution in [0, 0.1) is 16.7 Å². The molecule has 1 aromatic carbocycles. The predicted molar refractivity (Wildman–Crippen MR) is 142 cm³/mol. The van der Waals surface area contributed by atoms with E-state index in [-0.39, 0.29) is 47.0 Å². The second-order valence-electron chi connectivity index (χ2n) is 12.0. The Bertz CT molecular complexity index is 1350. The van der Waals surface area contributed by atoms with E-state index in [4.69, 9.17) is 0 Å². The van der Waals surface area contributed by atoms with Crippen molar-refractivity contribution in [3.05, 3.63) is 51.3 Å². The fourth-order valence-electron chi connectivity index (χ4n) is 7.48. The lowest BCUT2D eigenvalue weighted by atomic mass is 9.41. The molecule has 0 amide bonds. The predicted octanol–water partition coefficient (Wildman–Crippen LogP) is 5.08. The lowest BCUT2D eigenvalue weighted by molar-refractivity contribution is -0.169. The number of hydrogen-bond acceptors (Lipinski definition) is 7. The Labute approximate surface area is 223 Å². The molecule has 0 aromatic heterocycles. The number of ketones is 4. The van der Waals surface area contributed by atoms with E-state index in [9.17, 15) is 34.5 Å². The van der Waals surface area contributed by atoms with Crippen molar-refractivity contribution in [2.75, 3.05) is 0 Å². The van der Waals surface area contributed by atoms with Crippen molar-refractivity contribution in [2.24, 2.45) is 16.7 Å². The number of phenolic OH excluding ortho intramolecular Hbond substituents is 1. The molecule has 0 bridgehead atoms. The lowest BCUT2D eigenvalue weighted by Crippen LogP contribution is -2.67. The molecule has 0 heterocycles. The number of Topliss-reactive ketones (excluding diaryl/α,β-unsaturated/α-hetero) is 4. The number of carbonyl (C=O) groups excluding carboxylic acids is 4. The Morgan fingerprint density at radius 1 is 1.11 bits per heavy atom. The Hall–Kier alpha value is -3.06. The first-order valence-corrected chi connectivity index (χ1v) is 13.4. The molecule has 0 unspecified atom stereocenters. The largest absolute Gasteiger partial charge is 0.508 e. The van der Waals surface area contributed by atoms with Crippen molar-refractivity contribution in [2.45, 2.75) is 92.1 Å². The number of aromatic hydroxyl groups is 1. The van der Waals surface area contributed by atoms with E-state index in [1.165, 1.54) is 6.92 Å². The van der Waals surface area contributed by atoms with Gasteiger partial charge < -0.3 is 15.3 Å². The molecular weight excluding hydrogens is 484 g/mol. The normalized spacial score (nSPS) is 32.6. The van der Waals surface area contributed by atoms with Crippen LogP contribution in [0.15, 0.2) is 34.6 Å². The molecule has 3 aliphatic carbocycles. The molecule has 0 saturated heterocycles. The van der Waals surface area contributed by atoms with E-state index in [2.05, 4.69) is 0 Å². The van der Waals surface area contributed by atoms with Crippen LogP contribution >= 0.6 is 0 Å². The highest BCUT2D eigenvalue weighted by molar-refractivity contribution is 6.25. The number of fused-ring (bicyclic) bond motifs is 3. The number of phenols is 1. The van der Waals surface area contributed by atoms with Gasteiger partial charge in [0.05, 0.1) is 11.1 Å². The molecule has 4 rings (SSSR count). The summed E-state index contributed by atoms with van der Waals surface area (Å²) in [5.41, 5.74) is -3.48. The van der Waals surface area contributed by atoms with Crippen LogP contribution in [0.3, 0.4) is 0 Å². The second kappa shape index (κ2) is 9.01. The maximum absolute atomic E-state index is 14.1. The van der Waals surface area contributed by atoms with Gasteiger partial charge in [0.2, 0.25) is 5.78 Å². The maximum Gasteiger partial charge on any atom is 0.206 e. The van der Waals surface area contributed by atoms with Gasteiger partial charge in [-0.1, -0.05) is 58.7 Å². The summed E-state index contributed by atoms with van der Waals surface area (Å²) in [4.78, 5) is 52.7. The number of hydrogen-bond donors (Lipinski definition) is 3. The molecule has 7 heteroatoms. The molecular formula is C31H38O7. The van der Waals surface area contributed by atoms with Gasteiger partial charge in [0.25, 0.3) is 0 Å². The monoisotopic (exact) mass is 522 g/mol. The van der Waals surface area contributed by atoms with Crippen LogP contribution in [0.4, 0.5) is 0 Å². The van der Waals surface area contributed by atoms with Gasteiger partial charge in [-0.15, -0.1) is 0 Å². The van der Waals surface area contributed by atoms with Gasteiger partial charge in [-0.05, 0) is 44.1 Å². The first kappa shape index (κ1) is 28.0. The molecule has 0 radical (unpaired) electrons. The van der Waals surface area contributed by atoms with E-state index >= 15 is 0 Å². The molecule has 7 nitrogen and oxygen atoms in total. The van der Waals surface area contributed by atoms with Gasteiger partial charge in [-0.3, -0.25) is 19.2 Å². The molecule has 38 heavy (non-hydrogen) atoms. The average molecular weight is 523 g/mol. The lowest BCUT2D eigenvalue weighted by Gasteiger charge is -2.62. The van der Waals surface area contributed by atoms with Crippen LogP contribution in [-0.2, 0) is 20.8 Å². The minimum Gasteiger partial charge on any atom is -0.508 e. The topological polar surface area (TPSA) is 129 Å². The number of benzene rings is 1. The Morgan fingerprint density at radius 3 is 2.32 bits per heavy atom. The standard InChI is InChI=1S/C31H38O7/c1-8-9-10-20(33)13-19-11-12-21-16(3)30(7)18(5)29(6)14-15(2)22(17(4)32)27(36)31(29,38)28(37)24(30)26(35)23(21)25(19)34/h11-12,16,18,34,37-38H,8-10,13-14H2,1-7H3/t16-,18+,29+,30-,31+/m1/s1. The minimum absolute atomic E-state index is 0.0153. The highest BCUT2D eigenvalue weighted by atomic mass is 16.3. The SMILES string of the molecule is CCCCC(=O)Cc1ccc2c(c1O)C(=O)C1=C(O)[C@@]3(O)C(=O)C(C(C)=O)=C(C)C[C@@]3(C)[C@H](C)[C@@]1(C)[C@@H]2C. The summed E-state index contributed by atoms with van der Waals surface area (Å²) < 4.78 is 0. The fraction of sp³-hybridized carbons (Fsp3) is 0.548.